The second-order valence-electron chi connectivity index (χ2n) is 6.82. The van der Waals surface area contributed by atoms with Crippen LogP contribution in [0.25, 0.3) is 0 Å². The zero-order valence-corrected chi connectivity index (χ0v) is 18.6. The van der Waals surface area contributed by atoms with Gasteiger partial charge in [0.2, 0.25) is 14.9 Å². The Morgan fingerprint density at radius 2 is 1.53 bits per heavy atom. The smallest absolute Gasteiger partial charge is 0.287 e. The predicted octanol–water partition coefficient (Wildman–Crippen LogP) is 4.45. The summed E-state index contributed by atoms with van der Waals surface area (Å²) in [4.78, 5) is 14.5. The van der Waals surface area contributed by atoms with Gasteiger partial charge in [-0.05, 0) is 68.2 Å². The highest BCUT2D eigenvalue weighted by atomic mass is 35.5. The summed E-state index contributed by atoms with van der Waals surface area (Å²) in [6.07, 6.45) is 0. The zero-order valence-electron chi connectivity index (χ0n) is 16.3. The van der Waals surface area contributed by atoms with Crippen LogP contribution in [0.5, 0.6) is 0 Å². The maximum atomic E-state index is 12.7. The van der Waals surface area contributed by atoms with Crippen molar-refractivity contribution < 1.29 is 17.6 Å². The van der Waals surface area contributed by atoms with Crippen molar-refractivity contribution in [2.24, 2.45) is 0 Å². The Morgan fingerprint density at radius 3 is 2.10 bits per heavy atom. The molecule has 2 aromatic carbocycles. The van der Waals surface area contributed by atoms with Gasteiger partial charge in [-0.2, -0.15) is 0 Å². The largest absolute Gasteiger partial charge is 0.439 e. The maximum Gasteiger partial charge on any atom is 0.287 e. The van der Waals surface area contributed by atoms with Crippen LogP contribution in [0.2, 0.25) is 10.0 Å². The van der Waals surface area contributed by atoms with Gasteiger partial charge in [0.1, 0.15) is 0 Å². The fourth-order valence-electron chi connectivity index (χ4n) is 2.88. The highest BCUT2D eigenvalue weighted by Gasteiger charge is 2.24. The quantitative estimate of drug-likeness (QED) is 0.556. The third-order valence-electron chi connectivity index (χ3n) is 4.53. The van der Waals surface area contributed by atoms with Crippen LogP contribution in [0.15, 0.2) is 75.1 Å². The molecule has 0 aliphatic heterocycles. The first-order valence-corrected chi connectivity index (χ1v) is 11.2. The van der Waals surface area contributed by atoms with Gasteiger partial charge in [-0.1, -0.05) is 35.3 Å². The zero-order chi connectivity index (χ0) is 21.9. The second-order valence-corrected chi connectivity index (χ2v) is 9.57. The SMILES string of the molecule is CN(C)C(CNC(=O)c1ccc(S(=O)(=O)c2ccc(Cl)cc2)o1)c1ccc(Cl)cc1. The second kappa shape index (κ2) is 9.22. The fraction of sp³-hybridized carbons (Fsp3) is 0.190. The highest BCUT2D eigenvalue weighted by Crippen LogP contribution is 2.25. The minimum Gasteiger partial charge on any atom is -0.439 e. The van der Waals surface area contributed by atoms with E-state index in [2.05, 4.69) is 5.32 Å². The monoisotopic (exact) mass is 466 g/mol. The van der Waals surface area contributed by atoms with Crippen molar-refractivity contribution in [3.63, 3.8) is 0 Å². The van der Waals surface area contributed by atoms with Crippen LogP contribution in [-0.2, 0) is 9.84 Å². The first kappa shape index (κ1) is 22.4. The Labute approximate surface area is 185 Å². The summed E-state index contributed by atoms with van der Waals surface area (Å²) < 4.78 is 30.7. The number of sulfone groups is 1. The standard InChI is InChI=1S/C21H20Cl2N2O4S/c1-25(2)18(14-3-5-15(22)6-4-14)13-24-21(26)19-11-12-20(29-19)30(27,28)17-9-7-16(23)8-10-17/h3-12,18H,13H2,1-2H3,(H,24,26). The molecule has 1 atom stereocenters. The molecule has 1 heterocycles. The Balaban J connectivity index is 1.73. The number of furan rings is 1. The van der Waals surface area contributed by atoms with Crippen molar-refractivity contribution >= 4 is 38.9 Å². The van der Waals surface area contributed by atoms with Gasteiger partial charge < -0.3 is 14.6 Å². The lowest BCUT2D eigenvalue weighted by molar-refractivity contribution is 0.0909. The van der Waals surface area contributed by atoms with Gasteiger partial charge in [0.05, 0.1) is 10.9 Å². The van der Waals surface area contributed by atoms with Gasteiger partial charge in [0.15, 0.2) is 5.76 Å². The molecule has 0 bridgehead atoms. The number of amides is 1. The van der Waals surface area contributed by atoms with E-state index in [1.165, 1.54) is 36.4 Å². The molecule has 9 heteroatoms. The molecule has 0 aliphatic carbocycles. The Bertz CT molecular complexity index is 1120. The number of benzene rings is 2. The van der Waals surface area contributed by atoms with Crippen LogP contribution < -0.4 is 5.32 Å². The molecule has 1 N–H and O–H groups in total. The third-order valence-corrected chi connectivity index (χ3v) is 6.67. The van der Waals surface area contributed by atoms with Crippen molar-refractivity contribution in [1.29, 1.82) is 0 Å². The Hall–Kier alpha value is -2.32. The number of nitrogens with one attached hydrogen (secondary N) is 1. The number of hydrogen-bond donors (Lipinski definition) is 1. The highest BCUT2D eigenvalue weighted by molar-refractivity contribution is 7.91. The molecule has 3 rings (SSSR count). The lowest BCUT2D eigenvalue weighted by Crippen LogP contribution is -2.34. The van der Waals surface area contributed by atoms with E-state index in [0.717, 1.165) is 5.56 Å². The molecular weight excluding hydrogens is 447 g/mol. The van der Waals surface area contributed by atoms with Gasteiger partial charge in [-0.15, -0.1) is 0 Å². The van der Waals surface area contributed by atoms with Crippen molar-refractivity contribution in [3.05, 3.63) is 82.0 Å². The molecule has 1 aromatic heterocycles. The molecule has 0 fully saturated rings. The normalized spacial score (nSPS) is 12.7. The molecule has 1 amide bonds. The first-order valence-electron chi connectivity index (χ1n) is 8.99. The van der Waals surface area contributed by atoms with Crippen LogP contribution >= 0.6 is 23.2 Å². The van der Waals surface area contributed by atoms with Crippen LogP contribution in [-0.4, -0.2) is 39.9 Å². The summed E-state index contributed by atoms with van der Waals surface area (Å²) in [5, 5.41) is 3.53. The summed E-state index contributed by atoms with van der Waals surface area (Å²) in [6.45, 7) is 0.299. The predicted molar refractivity (Wildman–Crippen MR) is 116 cm³/mol. The van der Waals surface area contributed by atoms with Crippen LogP contribution in [0.3, 0.4) is 0 Å². The molecule has 0 aliphatic rings. The summed E-state index contributed by atoms with van der Waals surface area (Å²) in [7, 11) is -0.0904. The molecule has 158 valence electrons. The van der Waals surface area contributed by atoms with E-state index in [-0.39, 0.29) is 21.8 Å². The number of rotatable bonds is 7. The van der Waals surface area contributed by atoms with Crippen molar-refractivity contribution in [1.82, 2.24) is 10.2 Å². The van der Waals surface area contributed by atoms with Gasteiger partial charge in [-0.25, -0.2) is 8.42 Å². The van der Waals surface area contributed by atoms with Crippen molar-refractivity contribution in [2.45, 2.75) is 16.0 Å². The van der Waals surface area contributed by atoms with E-state index in [1.54, 1.807) is 12.1 Å². The summed E-state index contributed by atoms with van der Waals surface area (Å²) >= 11 is 11.7. The lowest BCUT2D eigenvalue weighted by Gasteiger charge is -2.25. The van der Waals surface area contributed by atoms with Crippen molar-refractivity contribution in [2.75, 3.05) is 20.6 Å². The number of nitrogens with zero attached hydrogens (tertiary/aromatic N) is 1. The van der Waals surface area contributed by atoms with Gasteiger partial charge in [0, 0.05) is 16.6 Å². The fourth-order valence-corrected chi connectivity index (χ4v) is 4.30. The van der Waals surface area contributed by atoms with E-state index in [9.17, 15) is 13.2 Å². The van der Waals surface area contributed by atoms with Crippen LogP contribution in [0.4, 0.5) is 0 Å². The molecule has 3 aromatic rings. The van der Waals surface area contributed by atoms with Gasteiger partial charge in [-0.3, -0.25) is 4.79 Å². The molecule has 0 saturated carbocycles. The first-order chi connectivity index (χ1) is 14.2. The number of carbonyl (C=O) groups excluding carboxylic acids is 1. The molecule has 0 radical (unpaired) electrons. The molecule has 30 heavy (non-hydrogen) atoms. The molecule has 1 unspecified atom stereocenters. The van der Waals surface area contributed by atoms with Crippen LogP contribution in [0.1, 0.15) is 22.2 Å². The van der Waals surface area contributed by atoms with E-state index < -0.39 is 15.7 Å². The number of carbonyl (C=O) groups is 1. The minimum atomic E-state index is -3.89. The topological polar surface area (TPSA) is 79.6 Å². The molecular formula is C21H20Cl2N2O4S. The van der Waals surface area contributed by atoms with Crippen molar-refractivity contribution in [3.8, 4) is 0 Å². The molecule has 6 nitrogen and oxygen atoms in total. The molecule has 0 spiro atoms. The summed E-state index contributed by atoms with van der Waals surface area (Å²) in [6, 6.07) is 15.6. The summed E-state index contributed by atoms with van der Waals surface area (Å²) in [5.41, 5.74) is 0.982. The Kier molecular flexibility index (Phi) is 6.88. The van der Waals surface area contributed by atoms with Gasteiger partial charge in [0.25, 0.3) is 5.91 Å². The Morgan fingerprint density at radius 1 is 0.967 bits per heavy atom. The lowest BCUT2D eigenvalue weighted by atomic mass is 10.1. The van der Waals surface area contributed by atoms with E-state index in [1.807, 2.05) is 31.1 Å². The average Bonchev–Trinajstić information content (AvgIpc) is 3.21. The summed E-state index contributed by atoms with van der Waals surface area (Å²) in [5.74, 6) is -0.593. The number of halogens is 2. The van der Waals surface area contributed by atoms with Gasteiger partial charge >= 0.3 is 0 Å². The van der Waals surface area contributed by atoms with E-state index in [4.69, 9.17) is 27.6 Å². The average molecular weight is 467 g/mol. The third kappa shape index (κ3) is 5.05. The van der Waals surface area contributed by atoms with E-state index >= 15 is 0 Å². The maximum absolute atomic E-state index is 12.7. The number of likely N-dealkylation sites (N-methyl/N-ethyl adjacent to an activating group) is 1. The molecule has 0 saturated heterocycles. The van der Waals surface area contributed by atoms with E-state index in [0.29, 0.717) is 16.6 Å². The minimum absolute atomic E-state index is 0.0311. The number of hydrogen-bond acceptors (Lipinski definition) is 5. The van der Waals surface area contributed by atoms with Crippen LogP contribution in [0, 0.1) is 0 Å².